The monoisotopic (exact) mass is 182 g/mol. The molecular formula is C10H18N2O. The predicted octanol–water partition coefficient (Wildman–Crippen LogP) is 1.05. The number of rotatable bonds is 2. The first-order valence-electron chi connectivity index (χ1n) is 5.24. The highest BCUT2D eigenvalue weighted by Gasteiger charge is 2.41. The minimum atomic E-state index is 0.0399. The normalized spacial score (nSPS) is 35.6. The summed E-state index contributed by atoms with van der Waals surface area (Å²) in [5, 5.41) is 0. The highest BCUT2D eigenvalue weighted by atomic mass is 16.1. The van der Waals surface area contributed by atoms with E-state index in [4.69, 9.17) is 0 Å². The van der Waals surface area contributed by atoms with Gasteiger partial charge in [0.1, 0.15) is 0 Å². The van der Waals surface area contributed by atoms with Crippen LogP contribution >= 0.6 is 0 Å². The lowest BCUT2D eigenvalue weighted by Crippen LogP contribution is -2.53. The van der Waals surface area contributed by atoms with Crippen molar-refractivity contribution in [3.8, 4) is 0 Å². The van der Waals surface area contributed by atoms with Crippen LogP contribution < -0.4 is 0 Å². The van der Waals surface area contributed by atoms with Crippen LogP contribution in [0.3, 0.4) is 0 Å². The molecule has 0 N–H and O–H groups in total. The second-order valence-electron chi connectivity index (χ2n) is 4.31. The van der Waals surface area contributed by atoms with Crippen molar-refractivity contribution in [1.29, 1.82) is 0 Å². The Kier molecular flexibility index (Phi) is 2.28. The maximum atomic E-state index is 10.9. The number of amides is 1. The molecule has 2 rings (SSSR count). The Balaban J connectivity index is 2.12. The standard InChI is InChI=1S/C10H18N2O/c1-10(11-6-2-3-7-11)5-4-8-12(10)9-13/h9H,2-8H2,1H3/t10-/m1/s1. The van der Waals surface area contributed by atoms with Crippen molar-refractivity contribution in [1.82, 2.24) is 9.80 Å². The highest BCUT2D eigenvalue weighted by Crippen LogP contribution is 2.33. The van der Waals surface area contributed by atoms with Gasteiger partial charge in [0, 0.05) is 19.6 Å². The fourth-order valence-electron chi connectivity index (χ4n) is 2.67. The van der Waals surface area contributed by atoms with Gasteiger partial charge in [0.2, 0.25) is 6.41 Å². The van der Waals surface area contributed by atoms with Crippen molar-refractivity contribution in [2.45, 2.75) is 38.3 Å². The number of hydrogen-bond acceptors (Lipinski definition) is 2. The highest BCUT2D eigenvalue weighted by molar-refractivity contribution is 5.49. The average molecular weight is 182 g/mol. The molecule has 0 aromatic carbocycles. The van der Waals surface area contributed by atoms with Gasteiger partial charge in [0.05, 0.1) is 5.66 Å². The van der Waals surface area contributed by atoms with Crippen LogP contribution in [0.25, 0.3) is 0 Å². The van der Waals surface area contributed by atoms with Gasteiger partial charge in [0.25, 0.3) is 0 Å². The van der Waals surface area contributed by atoms with E-state index in [-0.39, 0.29) is 5.66 Å². The molecule has 0 saturated carbocycles. The molecular weight excluding hydrogens is 164 g/mol. The predicted molar refractivity (Wildman–Crippen MR) is 51.2 cm³/mol. The molecule has 2 heterocycles. The van der Waals surface area contributed by atoms with Crippen LogP contribution in [0.5, 0.6) is 0 Å². The number of carbonyl (C=O) groups excluding carboxylic acids is 1. The number of likely N-dealkylation sites (tertiary alicyclic amines) is 2. The molecule has 1 atom stereocenters. The first-order chi connectivity index (χ1) is 6.27. The molecule has 0 spiro atoms. The second kappa shape index (κ2) is 3.29. The summed E-state index contributed by atoms with van der Waals surface area (Å²) in [7, 11) is 0. The van der Waals surface area contributed by atoms with Crippen molar-refractivity contribution >= 4 is 6.41 Å². The summed E-state index contributed by atoms with van der Waals surface area (Å²) in [6.07, 6.45) is 5.91. The number of nitrogens with zero attached hydrogens (tertiary/aromatic N) is 2. The van der Waals surface area contributed by atoms with Gasteiger partial charge in [0.15, 0.2) is 0 Å². The van der Waals surface area contributed by atoms with Gasteiger partial charge in [-0.1, -0.05) is 0 Å². The molecule has 0 aromatic rings. The molecule has 0 aliphatic carbocycles. The molecule has 2 saturated heterocycles. The van der Waals surface area contributed by atoms with E-state index in [1.807, 2.05) is 4.90 Å². The summed E-state index contributed by atoms with van der Waals surface area (Å²) in [6.45, 7) is 5.48. The van der Waals surface area contributed by atoms with E-state index in [1.54, 1.807) is 0 Å². The summed E-state index contributed by atoms with van der Waals surface area (Å²) in [4.78, 5) is 15.3. The van der Waals surface area contributed by atoms with Crippen LogP contribution in [0.4, 0.5) is 0 Å². The zero-order chi connectivity index (χ0) is 9.31. The minimum absolute atomic E-state index is 0.0399. The van der Waals surface area contributed by atoms with Gasteiger partial charge in [-0.25, -0.2) is 0 Å². The number of carbonyl (C=O) groups is 1. The fraction of sp³-hybridized carbons (Fsp3) is 0.900. The third-order valence-corrected chi connectivity index (χ3v) is 3.58. The lowest BCUT2D eigenvalue weighted by atomic mass is 10.1. The van der Waals surface area contributed by atoms with E-state index in [0.717, 1.165) is 25.8 Å². The lowest BCUT2D eigenvalue weighted by Gasteiger charge is -2.40. The lowest BCUT2D eigenvalue weighted by molar-refractivity contribution is -0.127. The Bertz CT molecular complexity index is 201. The van der Waals surface area contributed by atoms with E-state index in [1.165, 1.54) is 25.9 Å². The summed E-state index contributed by atoms with van der Waals surface area (Å²) in [5.41, 5.74) is 0.0399. The van der Waals surface area contributed by atoms with Gasteiger partial charge in [-0.15, -0.1) is 0 Å². The van der Waals surface area contributed by atoms with Crippen LogP contribution in [0.1, 0.15) is 32.6 Å². The Morgan fingerprint density at radius 2 is 1.85 bits per heavy atom. The van der Waals surface area contributed by atoms with Gasteiger partial charge >= 0.3 is 0 Å². The molecule has 1 amide bonds. The van der Waals surface area contributed by atoms with E-state index >= 15 is 0 Å². The third kappa shape index (κ3) is 1.35. The first kappa shape index (κ1) is 9.00. The van der Waals surface area contributed by atoms with E-state index in [0.29, 0.717) is 0 Å². The van der Waals surface area contributed by atoms with Crippen molar-refractivity contribution in [2.75, 3.05) is 19.6 Å². The molecule has 0 aromatic heterocycles. The Labute approximate surface area is 79.7 Å². The Hall–Kier alpha value is -0.570. The fourth-order valence-corrected chi connectivity index (χ4v) is 2.67. The third-order valence-electron chi connectivity index (χ3n) is 3.58. The second-order valence-corrected chi connectivity index (χ2v) is 4.31. The van der Waals surface area contributed by atoms with Crippen LogP contribution in [-0.4, -0.2) is 41.5 Å². The van der Waals surface area contributed by atoms with Gasteiger partial charge < -0.3 is 4.90 Å². The SMILES string of the molecule is C[C@]1(N2CCCC2)CCCN1C=O. The van der Waals surface area contributed by atoms with Crippen LogP contribution in [-0.2, 0) is 4.79 Å². The molecule has 2 fully saturated rings. The van der Waals surface area contributed by atoms with Crippen LogP contribution in [0.15, 0.2) is 0 Å². The molecule has 0 unspecified atom stereocenters. The average Bonchev–Trinajstić information content (AvgIpc) is 2.72. The maximum absolute atomic E-state index is 10.9. The molecule has 74 valence electrons. The quantitative estimate of drug-likeness (QED) is 0.596. The smallest absolute Gasteiger partial charge is 0.211 e. The van der Waals surface area contributed by atoms with Crippen LogP contribution in [0.2, 0.25) is 0 Å². The molecule has 3 heteroatoms. The Morgan fingerprint density at radius 1 is 1.15 bits per heavy atom. The van der Waals surface area contributed by atoms with E-state index in [2.05, 4.69) is 11.8 Å². The summed E-state index contributed by atoms with van der Waals surface area (Å²) < 4.78 is 0. The van der Waals surface area contributed by atoms with E-state index < -0.39 is 0 Å². The molecule has 3 nitrogen and oxygen atoms in total. The molecule has 2 aliphatic rings. The van der Waals surface area contributed by atoms with Crippen molar-refractivity contribution < 1.29 is 4.79 Å². The summed E-state index contributed by atoms with van der Waals surface area (Å²) in [5.74, 6) is 0. The summed E-state index contributed by atoms with van der Waals surface area (Å²) in [6, 6.07) is 0. The molecule has 2 aliphatic heterocycles. The Morgan fingerprint density at radius 3 is 2.46 bits per heavy atom. The largest absolute Gasteiger partial charge is 0.327 e. The topological polar surface area (TPSA) is 23.6 Å². The van der Waals surface area contributed by atoms with Gasteiger partial charge in [-0.3, -0.25) is 9.69 Å². The van der Waals surface area contributed by atoms with Crippen molar-refractivity contribution in [2.24, 2.45) is 0 Å². The van der Waals surface area contributed by atoms with Gasteiger partial charge in [-0.05, 0) is 32.6 Å². The minimum Gasteiger partial charge on any atom is -0.327 e. The van der Waals surface area contributed by atoms with Gasteiger partial charge in [-0.2, -0.15) is 0 Å². The molecule has 0 radical (unpaired) electrons. The van der Waals surface area contributed by atoms with Crippen molar-refractivity contribution in [3.05, 3.63) is 0 Å². The van der Waals surface area contributed by atoms with Crippen molar-refractivity contribution in [3.63, 3.8) is 0 Å². The zero-order valence-electron chi connectivity index (χ0n) is 8.33. The zero-order valence-corrected chi connectivity index (χ0v) is 8.33. The number of hydrogen-bond donors (Lipinski definition) is 0. The molecule has 0 bridgehead atoms. The first-order valence-corrected chi connectivity index (χ1v) is 5.24. The summed E-state index contributed by atoms with van der Waals surface area (Å²) >= 11 is 0. The van der Waals surface area contributed by atoms with E-state index in [9.17, 15) is 4.79 Å². The molecule has 13 heavy (non-hydrogen) atoms. The van der Waals surface area contributed by atoms with Crippen LogP contribution in [0, 0.1) is 0 Å². The maximum Gasteiger partial charge on any atom is 0.211 e.